The van der Waals surface area contributed by atoms with Gasteiger partial charge in [-0.3, -0.25) is 4.79 Å². The maximum Gasteiger partial charge on any atom is 0.335 e. The number of carbonyl (C=O) groups excluding carboxylic acids is 1. The third kappa shape index (κ3) is 1.70. The van der Waals surface area contributed by atoms with E-state index in [9.17, 15) is 9.59 Å². The monoisotopic (exact) mass is 206 g/mol. The Balaban J connectivity index is 2.48. The normalized spacial score (nSPS) is 19.3. The number of carboxylic acids is 1. The van der Waals surface area contributed by atoms with Crippen LogP contribution in [0.15, 0.2) is 18.2 Å². The standard InChI is InChI=1S/C11H10O4/c1-6-4-10(12)15-9-3-2-7(11(13)14)5-8(6)9/h2-3,5-6H,4H2,1H3,(H,13,14)/t6-/m0/s1. The average Bonchev–Trinajstić information content (AvgIpc) is 2.16. The summed E-state index contributed by atoms with van der Waals surface area (Å²) in [5, 5.41) is 8.82. The maximum atomic E-state index is 11.1. The molecular weight excluding hydrogens is 196 g/mol. The summed E-state index contributed by atoms with van der Waals surface area (Å²) in [6.07, 6.45) is 0.302. The van der Waals surface area contributed by atoms with Crippen molar-refractivity contribution in [3.8, 4) is 5.75 Å². The van der Waals surface area contributed by atoms with Crippen LogP contribution in [0.1, 0.15) is 35.2 Å². The second-order valence-electron chi connectivity index (χ2n) is 3.64. The summed E-state index contributed by atoms with van der Waals surface area (Å²) in [6, 6.07) is 4.54. The highest BCUT2D eigenvalue weighted by atomic mass is 16.5. The van der Waals surface area contributed by atoms with Crippen LogP contribution in [-0.2, 0) is 4.79 Å². The molecule has 1 aromatic rings. The molecule has 0 amide bonds. The van der Waals surface area contributed by atoms with Gasteiger partial charge in [-0.25, -0.2) is 4.79 Å². The number of esters is 1. The number of carboxylic acid groups (broad SMARTS) is 1. The van der Waals surface area contributed by atoms with Crippen molar-refractivity contribution in [2.24, 2.45) is 0 Å². The second kappa shape index (κ2) is 3.38. The fraction of sp³-hybridized carbons (Fsp3) is 0.273. The lowest BCUT2D eigenvalue weighted by Crippen LogP contribution is -2.19. The van der Waals surface area contributed by atoms with Crippen LogP contribution >= 0.6 is 0 Å². The summed E-state index contributed by atoms with van der Waals surface area (Å²) in [4.78, 5) is 21.9. The van der Waals surface area contributed by atoms with E-state index in [4.69, 9.17) is 9.84 Å². The average molecular weight is 206 g/mol. The second-order valence-corrected chi connectivity index (χ2v) is 3.64. The molecule has 4 heteroatoms. The molecule has 1 atom stereocenters. The Kier molecular flexibility index (Phi) is 2.19. The number of benzene rings is 1. The van der Waals surface area contributed by atoms with E-state index in [0.717, 1.165) is 5.56 Å². The molecule has 0 radical (unpaired) electrons. The predicted molar refractivity (Wildman–Crippen MR) is 52.1 cm³/mol. The first kappa shape index (κ1) is 9.71. The third-order valence-corrected chi connectivity index (χ3v) is 2.48. The van der Waals surface area contributed by atoms with Crippen molar-refractivity contribution in [1.82, 2.24) is 0 Å². The first-order valence-corrected chi connectivity index (χ1v) is 4.66. The molecule has 78 valence electrons. The van der Waals surface area contributed by atoms with Crippen LogP contribution in [0.4, 0.5) is 0 Å². The molecule has 1 N–H and O–H groups in total. The molecular formula is C11H10O4. The van der Waals surface area contributed by atoms with Crippen LogP contribution in [-0.4, -0.2) is 17.0 Å². The fourth-order valence-corrected chi connectivity index (χ4v) is 1.68. The van der Waals surface area contributed by atoms with Gasteiger partial charge < -0.3 is 9.84 Å². The molecule has 1 aliphatic rings. The van der Waals surface area contributed by atoms with Crippen molar-refractivity contribution in [3.05, 3.63) is 29.3 Å². The van der Waals surface area contributed by atoms with Crippen molar-refractivity contribution < 1.29 is 19.4 Å². The first-order valence-electron chi connectivity index (χ1n) is 4.66. The van der Waals surface area contributed by atoms with Gasteiger partial charge in [0.2, 0.25) is 0 Å². The Bertz CT molecular complexity index is 436. The highest BCUT2D eigenvalue weighted by molar-refractivity contribution is 5.88. The van der Waals surface area contributed by atoms with Crippen molar-refractivity contribution in [1.29, 1.82) is 0 Å². The third-order valence-electron chi connectivity index (χ3n) is 2.48. The van der Waals surface area contributed by atoms with Crippen LogP contribution in [0.5, 0.6) is 5.75 Å². The number of carbonyl (C=O) groups is 2. The SMILES string of the molecule is C[C@H]1CC(=O)Oc2ccc(C(=O)O)cc21. The Morgan fingerprint density at radius 1 is 1.53 bits per heavy atom. The highest BCUT2D eigenvalue weighted by Gasteiger charge is 2.24. The van der Waals surface area contributed by atoms with E-state index in [2.05, 4.69) is 0 Å². The van der Waals surface area contributed by atoms with Gasteiger partial charge in [0, 0.05) is 0 Å². The zero-order valence-electron chi connectivity index (χ0n) is 8.19. The smallest absolute Gasteiger partial charge is 0.335 e. The van der Waals surface area contributed by atoms with E-state index in [1.807, 2.05) is 6.92 Å². The molecule has 2 rings (SSSR count). The number of hydrogen-bond donors (Lipinski definition) is 1. The fourth-order valence-electron chi connectivity index (χ4n) is 1.68. The lowest BCUT2D eigenvalue weighted by atomic mass is 9.93. The maximum absolute atomic E-state index is 11.1. The Labute approximate surface area is 86.5 Å². The van der Waals surface area contributed by atoms with Gasteiger partial charge in [0.15, 0.2) is 0 Å². The summed E-state index contributed by atoms with van der Waals surface area (Å²) in [7, 11) is 0. The van der Waals surface area contributed by atoms with Gasteiger partial charge in [-0.05, 0) is 29.7 Å². The zero-order valence-corrected chi connectivity index (χ0v) is 8.19. The van der Waals surface area contributed by atoms with Crippen molar-refractivity contribution in [2.75, 3.05) is 0 Å². The van der Waals surface area contributed by atoms with Crippen LogP contribution < -0.4 is 4.74 Å². The molecule has 4 nitrogen and oxygen atoms in total. The molecule has 0 bridgehead atoms. The minimum Gasteiger partial charge on any atom is -0.478 e. The molecule has 0 fully saturated rings. The van der Waals surface area contributed by atoms with E-state index in [1.165, 1.54) is 12.1 Å². The summed E-state index contributed by atoms with van der Waals surface area (Å²) in [5.41, 5.74) is 1.01. The summed E-state index contributed by atoms with van der Waals surface area (Å²) < 4.78 is 5.01. The molecule has 0 aromatic heterocycles. The molecule has 0 saturated carbocycles. The topological polar surface area (TPSA) is 63.6 Å². The van der Waals surface area contributed by atoms with Crippen molar-refractivity contribution in [2.45, 2.75) is 19.3 Å². The van der Waals surface area contributed by atoms with E-state index < -0.39 is 5.97 Å². The van der Waals surface area contributed by atoms with E-state index >= 15 is 0 Å². The van der Waals surface area contributed by atoms with Crippen molar-refractivity contribution in [3.63, 3.8) is 0 Å². The molecule has 0 unspecified atom stereocenters. The van der Waals surface area contributed by atoms with E-state index in [-0.39, 0.29) is 17.5 Å². The lowest BCUT2D eigenvalue weighted by Gasteiger charge is -2.21. The van der Waals surface area contributed by atoms with Crippen LogP contribution in [0, 0.1) is 0 Å². The Morgan fingerprint density at radius 2 is 2.27 bits per heavy atom. The minimum atomic E-state index is -0.970. The Hall–Kier alpha value is -1.84. The molecule has 0 saturated heterocycles. The van der Waals surface area contributed by atoms with Crippen molar-refractivity contribution >= 4 is 11.9 Å². The Morgan fingerprint density at radius 3 is 2.93 bits per heavy atom. The van der Waals surface area contributed by atoms with E-state index in [1.54, 1.807) is 6.07 Å². The van der Waals surface area contributed by atoms with Gasteiger partial charge in [-0.1, -0.05) is 6.92 Å². The van der Waals surface area contributed by atoms with Gasteiger partial charge >= 0.3 is 11.9 Å². The van der Waals surface area contributed by atoms with Gasteiger partial charge in [0.25, 0.3) is 0 Å². The zero-order chi connectivity index (χ0) is 11.0. The number of ether oxygens (including phenoxy) is 1. The lowest BCUT2D eigenvalue weighted by molar-refractivity contribution is -0.135. The predicted octanol–water partition coefficient (Wildman–Crippen LogP) is 1.80. The van der Waals surface area contributed by atoms with Crippen LogP contribution in [0.3, 0.4) is 0 Å². The number of hydrogen-bond acceptors (Lipinski definition) is 3. The van der Waals surface area contributed by atoms with Gasteiger partial charge in [-0.15, -0.1) is 0 Å². The summed E-state index contributed by atoms with van der Waals surface area (Å²) >= 11 is 0. The number of fused-ring (bicyclic) bond motifs is 1. The number of rotatable bonds is 1. The van der Waals surface area contributed by atoms with Gasteiger partial charge in [0.05, 0.1) is 12.0 Å². The first-order chi connectivity index (χ1) is 7.08. The summed E-state index contributed by atoms with van der Waals surface area (Å²) in [5.74, 6) is -0.746. The quantitative estimate of drug-likeness (QED) is 0.562. The van der Waals surface area contributed by atoms with Crippen LogP contribution in [0.25, 0.3) is 0 Å². The molecule has 1 aromatic carbocycles. The van der Waals surface area contributed by atoms with Gasteiger partial charge in [-0.2, -0.15) is 0 Å². The largest absolute Gasteiger partial charge is 0.478 e. The van der Waals surface area contributed by atoms with Crippen LogP contribution in [0.2, 0.25) is 0 Å². The highest BCUT2D eigenvalue weighted by Crippen LogP contribution is 2.34. The number of aromatic carboxylic acids is 1. The molecule has 1 heterocycles. The molecule has 15 heavy (non-hydrogen) atoms. The molecule has 0 spiro atoms. The van der Waals surface area contributed by atoms with E-state index in [0.29, 0.717) is 12.2 Å². The summed E-state index contributed by atoms with van der Waals surface area (Å²) in [6.45, 7) is 1.88. The minimum absolute atomic E-state index is 0.0144. The molecule has 0 aliphatic carbocycles. The molecule has 1 aliphatic heterocycles. The van der Waals surface area contributed by atoms with Gasteiger partial charge in [0.1, 0.15) is 5.75 Å².